The maximum Gasteiger partial charge on any atom is 0.254 e. The van der Waals surface area contributed by atoms with Crippen LogP contribution in [0.15, 0.2) is 28.8 Å². The Morgan fingerprint density at radius 3 is 2.58 bits per heavy atom. The Morgan fingerprint density at radius 2 is 2.00 bits per heavy atom. The van der Waals surface area contributed by atoms with Crippen molar-refractivity contribution in [1.82, 2.24) is 10.1 Å². The quantitative estimate of drug-likeness (QED) is 0.850. The molecule has 4 nitrogen and oxygen atoms in total. The highest BCUT2D eigenvalue weighted by molar-refractivity contribution is 5.95. The molecule has 0 aliphatic rings. The van der Waals surface area contributed by atoms with Gasteiger partial charge in [0.25, 0.3) is 5.91 Å². The fraction of sp³-hybridized carbons (Fsp3) is 0.333. The largest absolute Gasteiger partial charge is 0.361 e. The van der Waals surface area contributed by atoms with E-state index in [1.54, 1.807) is 11.9 Å². The van der Waals surface area contributed by atoms with Crippen molar-refractivity contribution < 1.29 is 9.32 Å². The second kappa shape index (κ2) is 5.26. The number of carbonyl (C=O) groups excluding carboxylic acids is 1. The Bertz CT molecular complexity index is 602. The molecule has 1 aromatic carbocycles. The molecule has 0 fully saturated rings. The smallest absolute Gasteiger partial charge is 0.254 e. The van der Waals surface area contributed by atoms with E-state index in [1.807, 2.05) is 45.0 Å². The van der Waals surface area contributed by atoms with E-state index in [0.717, 1.165) is 28.1 Å². The first kappa shape index (κ1) is 13.3. The van der Waals surface area contributed by atoms with Crippen molar-refractivity contribution >= 4 is 5.91 Å². The van der Waals surface area contributed by atoms with Crippen molar-refractivity contribution in [3.05, 3.63) is 52.4 Å². The summed E-state index contributed by atoms with van der Waals surface area (Å²) in [6.45, 7) is 6.25. The summed E-state index contributed by atoms with van der Waals surface area (Å²) in [5, 5.41) is 3.90. The van der Waals surface area contributed by atoms with E-state index in [9.17, 15) is 4.79 Å². The van der Waals surface area contributed by atoms with Crippen LogP contribution in [0.2, 0.25) is 0 Å². The molecule has 1 heterocycles. The third-order valence-electron chi connectivity index (χ3n) is 3.03. The summed E-state index contributed by atoms with van der Waals surface area (Å²) in [5.41, 5.74) is 3.64. The molecule has 0 N–H and O–H groups in total. The van der Waals surface area contributed by atoms with E-state index < -0.39 is 0 Å². The molecule has 0 atom stereocenters. The fourth-order valence-electron chi connectivity index (χ4n) is 2.07. The predicted octanol–water partition coefficient (Wildman–Crippen LogP) is 2.87. The van der Waals surface area contributed by atoms with Crippen LogP contribution in [0.3, 0.4) is 0 Å². The van der Waals surface area contributed by atoms with Gasteiger partial charge in [-0.3, -0.25) is 4.79 Å². The van der Waals surface area contributed by atoms with Crippen molar-refractivity contribution in [2.75, 3.05) is 7.05 Å². The topological polar surface area (TPSA) is 46.3 Å². The number of nitrogens with zero attached hydrogens (tertiary/aromatic N) is 2. The summed E-state index contributed by atoms with van der Waals surface area (Å²) in [5.74, 6) is 0.750. The van der Waals surface area contributed by atoms with E-state index in [2.05, 4.69) is 5.16 Å². The van der Waals surface area contributed by atoms with Crippen LogP contribution in [0, 0.1) is 20.8 Å². The van der Waals surface area contributed by atoms with Crippen molar-refractivity contribution in [2.45, 2.75) is 27.3 Å². The first-order valence-electron chi connectivity index (χ1n) is 6.22. The first-order chi connectivity index (χ1) is 8.97. The van der Waals surface area contributed by atoms with Gasteiger partial charge in [-0.2, -0.15) is 0 Å². The molecule has 0 saturated heterocycles. The maximum atomic E-state index is 12.4. The Morgan fingerprint density at radius 1 is 1.26 bits per heavy atom. The van der Waals surface area contributed by atoms with Crippen LogP contribution in [0.5, 0.6) is 0 Å². The Labute approximate surface area is 113 Å². The molecular weight excluding hydrogens is 240 g/mol. The summed E-state index contributed by atoms with van der Waals surface area (Å²) < 4.78 is 5.00. The SMILES string of the molecule is Cc1ccc(C(=O)N(C)Cc2cc(C)on2)c(C)c1. The highest BCUT2D eigenvalue weighted by atomic mass is 16.5. The zero-order valence-corrected chi connectivity index (χ0v) is 11.7. The third-order valence-corrected chi connectivity index (χ3v) is 3.03. The van der Waals surface area contributed by atoms with Crippen LogP contribution in [0.4, 0.5) is 0 Å². The number of aryl methyl sites for hydroxylation is 3. The molecule has 0 radical (unpaired) electrons. The van der Waals surface area contributed by atoms with Crippen LogP contribution < -0.4 is 0 Å². The van der Waals surface area contributed by atoms with Crippen LogP contribution in [0.25, 0.3) is 0 Å². The molecule has 0 aliphatic heterocycles. The minimum atomic E-state index is -0.00171. The van der Waals surface area contributed by atoms with Gasteiger partial charge in [0.15, 0.2) is 0 Å². The van der Waals surface area contributed by atoms with Gasteiger partial charge in [-0.25, -0.2) is 0 Å². The van der Waals surface area contributed by atoms with Gasteiger partial charge in [-0.1, -0.05) is 22.9 Å². The fourth-order valence-corrected chi connectivity index (χ4v) is 2.07. The van der Waals surface area contributed by atoms with Crippen LogP contribution in [-0.2, 0) is 6.54 Å². The molecule has 1 aromatic heterocycles. The average Bonchev–Trinajstić information content (AvgIpc) is 2.74. The van der Waals surface area contributed by atoms with Crippen LogP contribution in [0.1, 0.15) is 32.9 Å². The highest BCUT2D eigenvalue weighted by Gasteiger charge is 2.15. The van der Waals surface area contributed by atoms with Crippen molar-refractivity contribution in [1.29, 1.82) is 0 Å². The van der Waals surface area contributed by atoms with Gasteiger partial charge < -0.3 is 9.42 Å². The Kier molecular flexibility index (Phi) is 3.69. The van der Waals surface area contributed by atoms with Crippen LogP contribution in [-0.4, -0.2) is 23.0 Å². The lowest BCUT2D eigenvalue weighted by Gasteiger charge is -2.17. The van der Waals surface area contributed by atoms with E-state index in [1.165, 1.54) is 0 Å². The molecule has 100 valence electrons. The normalized spacial score (nSPS) is 10.5. The second-order valence-corrected chi connectivity index (χ2v) is 4.91. The number of carbonyl (C=O) groups is 1. The summed E-state index contributed by atoms with van der Waals surface area (Å²) in [6.07, 6.45) is 0. The number of rotatable bonds is 3. The minimum Gasteiger partial charge on any atom is -0.361 e. The lowest BCUT2D eigenvalue weighted by atomic mass is 10.0. The molecule has 1 amide bonds. The summed E-state index contributed by atoms with van der Waals surface area (Å²) in [7, 11) is 1.77. The van der Waals surface area contributed by atoms with Gasteiger partial charge in [0, 0.05) is 18.7 Å². The predicted molar refractivity (Wildman–Crippen MR) is 73.0 cm³/mol. The van der Waals surface area contributed by atoms with E-state index in [0.29, 0.717) is 6.54 Å². The number of aromatic nitrogens is 1. The number of hydrogen-bond acceptors (Lipinski definition) is 3. The molecule has 0 saturated carbocycles. The summed E-state index contributed by atoms with van der Waals surface area (Å²) in [6, 6.07) is 7.68. The van der Waals surface area contributed by atoms with Gasteiger partial charge in [-0.15, -0.1) is 0 Å². The molecule has 0 bridgehead atoms. The number of amides is 1. The van der Waals surface area contributed by atoms with Gasteiger partial charge in [0.2, 0.25) is 0 Å². The monoisotopic (exact) mass is 258 g/mol. The average molecular weight is 258 g/mol. The number of hydrogen-bond donors (Lipinski definition) is 0. The molecule has 0 spiro atoms. The van der Waals surface area contributed by atoms with Crippen molar-refractivity contribution in [3.8, 4) is 0 Å². The number of benzene rings is 1. The van der Waals surface area contributed by atoms with Crippen molar-refractivity contribution in [3.63, 3.8) is 0 Å². The molecule has 2 rings (SSSR count). The lowest BCUT2D eigenvalue weighted by molar-refractivity contribution is 0.0781. The molecule has 2 aromatic rings. The van der Waals surface area contributed by atoms with Crippen LogP contribution >= 0.6 is 0 Å². The minimum absolute atomic E-state index is 0.00171. The molecule has 0 unspecified atom stereocenters. The molecule has 4 heteroatoms. The zero-order chi connectivity index (χ0) is 14.0. The lowest BCUT2D eigenvalue weighted by Crippen LogP contribution is -2.27. The zero-order valence-electron chi connectivity index (χ0n) is 11.7. The van der Waals surface area contributed by atoms with Crippen molar-refractivity contribution in [2.24, 2.45) is 0 Å². The molecule has 19 heavy (non-hydrogen) atoms. The Hall–Kier alpha value is -2.10. The van der Waals surface area contributed by atoms with Gasteiger partial charge >= 0.3 is 0 Å². The van der Waals surface area contributed by atoms with E-state index >= 15 is 0 Å². The van der Waals surface area contributed by atoms with E-state index in [4.69, 9.17) is 4.52 Å². The summed E-state index contributed by atoms with van der Waals surface area (Å²) >= 11 is 0. The standard InChI is InChI=1S/C15H18N2O2/c1-10-5-6-14(11(2)7-10)15(18)17(4)9-13-8-12(3)19-16-13/h5-8H,9H2,1-4H3. The van der Waals surface area contributed by atoms with E-state index in [-0.39, 0.29) is 5.91 Å². The van der Waals surface area contributed by atoms with Gasteiger partial charge in [0.05, 0.1) is 6.54 Å². The third kappa shape index (κ3) is 3.02. The first-order valence-corrected chi connectivity index (χ1v) is 6.22. The molecule has 0 aliphatic carbocycles. The Balaban J connectivity index is 2.14. The maximum absolute atomic E-state index is 12.4. The second-order valence-electron chi connectivity index (χ2n) is 4.91. The summed E-state index contributed by atoms with van der Waals surface area (Å²) in [4.78, 5) is 14.0. The van der Waals surface area contributed by atoms with Gasteiger partial charge in [-0.05, 0) is 32.4 Å². The highest BCUT2D eigenvalue weighted by Crippen LogP contribution is 2.14. The molecular formula is C15H18N2O2. The van der Waals surface area contributed by atoms with Gasteiger partial charge in [0.1, 0.15) is 11.5 Å².